The van der Waals surface area contributed by atoms with Crippen LogP contribution in [0.25, 0.3) is 0 Å². The van der Waals surface area contributed by atoms with Crippen LogP contribution in [0.2, 0.25) is 0 Å². The summed E-state index contributed by atoms with van der Waals surface area (Å²) in [7, 11) is 0. The molecule has 0 bridgehead atoms. The molecule has 0 saturated carbocycles. The summed E-state index contributed by atoms with van der Waals surface area (Å²) in [6, 6.07) is 14.7. The summed E-state index contributed by atoms with van der Waals surface area (Å²) in [6.45, 7) is 0. The second kappa shape index (κ2) is 5.09. The van der Waals surface area contributed by atoms with Gasteiger partial charge in [-0.2, -0.15) is 0 Å². The molecule has 4 nitrogen and oxygen atoms in total. The van der Waals surface area contributed by atoms with Crippen LogP contribution in [0.3, 0.4) is 0 Å². The van der Waals surface area contributed by atoms with Crippen molar-refractivity contribution < 1.29 is 9.59 Å². The number of benzene rings is 2. The van der Waals surface area contributed by atoms with E-state index in [0.717, 1.165) is 10.2 Å². The Balaban J connectivity index is 2.20. The minimum atomic E-state index is -0.294. The van der Waals surface area contributed by atoms with Gasteiger partial charge in [0.15, 0.2) is 0 Å². The molecule has 0 spiro atoms. The number of halogens is 1. The molecule has 1 aliphatic heterocycles. The van der Waals surface area contributed by atoms with E-state index in [1.54, 1.807) is 11.0 Å². The lowest BCUT2D eigenvalue weighted by Gasteiger charge is -2.22. The van der Waals surface area contributed by atoms with Crippen molar-refractivity contribution in [3.63, 3.8) is 0 Å². The fourth-order valence-corrected chi connectivity index (χ4v) is 2.55. The number of nitrogens with one attached hydrogen (secondary N) is 1. The number of carbonyl (C=O) groups excluding carboxylic acids is 2. The van der Waals surface area contributed by atoms with E-state index in [1.807, 2.05) is 42.5 Å². The Labute approximate surface area is 124 Å². The third kappa shape index (κ3) is 2.32. The van der Waals surface area contributed by atoms with Crippen molar-refractivity contribution in [1.29, 1.82) is 0 Å². The number of amides is 2. The topological polar surface area (TPSA) is 49.4 Å². The highest BCUT2D eigenvalue weighted by Gasteiger charge is 2.27. The van der Waals surface area contributed by atoms with E-state index in [1.165, 1.54) is 0 Å². The van der Waals surface area contributed by atoms with Gasteiger partial charge in [-0.15, -0.1) is 0 Å². The van der Waals surface area contributed by atoms with Gasteiger partial charge in [0.25, 0.3) is 0 Å². The van der Waals surface area contributed by atoms with Gasteiger partial charge in [0, 0.05) is 10.2 Å². The smallest absolute Gasteiger partial charge is 0.241 e. The van der Waals surface area contributed by atoms with Crippen LogP contribution in [-0.4, -0.2) is 11.8 Å². The third-order valence-corrected chi connectivity index (χ3v) is 3.54. The highest BCUT2D eigenvalue weighted by Crippen LogP contribution is 2.36. The van der Waals surface area contributed by atoms with Crippen LogP contribution < -0.4 is 10.2 Å². The van der Waals surface area contributed by atoms with Crippen LogP contribution >= 0.6 is 15.9 Å². The molecule has 2 amide bonds. The molecule has 3 rings (SSSR count). The lowest BCUT2D eigenvalue weighted by Crippen LogP contribution is -2.26. The zero-order valence-corrected chi connectivity index (χ0v) is 12.1. The average molecular weight is 331 g/mol. The van der Waals surface area contributed by atoms with Crippen LogP contribution in [0, 0.1) is 0 Å². The Hall–Kier alpha value is -2.14. The predicted octanol–water partition coefficient (Wildman–Crippen LogP) is 3.46. The number of rotatable bonds is 1. The molecule has 0 unspecified atom stereocenters. The Morgan fingerprint density at radius 3 is 2.55 bits per heavy atom. The van der Waals surface area contributed by atoms with Crippen LogP contribution in [-0.2, 0) is 9.59 Å². The number of anilines is 3. The summed E-state index contributed by atoms with van der Waals surface area (Å²) in [6.07, 6.45) is -0.165. The van der Waals surface area contributed by atoms with Gasteiger partial charge >= 0.3 is 0 Å². The second-order valence-electron chi connectivity index (χ2n) is 4.45. The van der Waals surface area contributed by atoms with Crippen LogP contribution in [0.15, 0.2) is 53.0 Å². The van der Waals surface area contributed by atoms with Crippen molar-refractivity contribution in [3.05, 3.63) is 53.0 Å². The van der Waals surface area contributed by atoms with E-state index in [2.05, 4.69) is 21.2 Å². The molecule has 0 atom stereocenters. The van der Waals surface area contributed by atoms with Crippen LogP contribution in [0.4, 0.5) is 17.1 Å². The Morgan fingerprint density at radius 2 is 1.80 bits per heavy atom. The summed E-state index contributed by atoms with van der Waals surface area (Å²) >= 11 is 3.40. The molecule has 5 heteroatoms. The highest BCUT2D eigenvalue weighted by molar-refractivity contribution is 9.10. The Bertz CT molecular complexity index is 686. The Kier molecular flexibility index (Phi) is 3.28. The first-order valence-corrected chi connectivity index (χ1v) is 6.92. The molecular formula is C15H11BrN2O2. The standard InChI is InChI=1S/C15H11BrN2O2/c16-10-6-7-12-13(8-10)18(11-4-2-1-3-5-11)15(20)9-14(19)17-12/h1-8H,9H2,(H,17,19). The summed E-state index contributed by atoms with van der Waals surface area (Å²) in [4.78, 5) is 25.7. The SMILES string of the molecule is O=C1CC(=O)N(c2ccccc2)c2cc(Br)ccc2N1. The lowest BCUT2D eigenvalue weighted by molar-refractivity contribution is -0.124. The van der Waals surface area contributed by atoms with E-state index in [4.69, 9.17) is 0 Å². The lowest BCUT2D eigenvalue weighted by atomic mass is 10.2. The highest BCUT2D eigenvalue weighted by atomic mass is 79.9. The minimum absolute atomic E-state index is 0.165. The maximum Gasteiger partial charge on any atom is 0.241 e. The summed E-state index contributed by atoms with van der Waals surface area (Å²) in [5, 5.41) is 2.76. The molecule has 0 fully saturated rings. The van der Waals surface area contributed by atoms with Crippen LogP contribution in [0.5, 0.6) is 0 Å². The molecule has 0 aliphatic carbocycles. The summed E-state index contributed by atoms with van der Waals surface area (Å²) in [5.41, 5.74) is 2.04. The van der Waals surface area contributed by atoms with E-state index in [9.17, 15) is 9.59 Å². The molecule has 0 radical (unpaired) electrons. The number of hydrogen-bond acceptors (Lipinski definition) is 2. The number of carbonyl (C=O) groups is 2. The van der Waals surface area contributed by atoms with Gasteiger partial charge in [0.2, 0.25) is 11.8 Å². The maximum absolute atomic E-state index is 12.3. The fraction of sp³-hybridized carbons (Fsp3) is 0.0667. The van der Waals surface area contributed by atoms with Gasteiger partial charge in [-0.05, 0) is 30.3 Å². The number of hydrogen-bond donors (Lipinski definition) is 1. The first-order chi connectivity index (χ1) is 9.65. The molecule has 0 aromatic heterocycles. The predicted molar refractivity (Wildman–Crippen MR) is 81.0 cm³/mol. The van der Waals surface area contributed by atoms with Crippen molar-refractivity contribution in [2.45, 2.75) is 6.42 Å². The van der Waals surface area contributed by atoms with Gasteiger partial charge in [0.1, 0.15) is 6.42 Å². The second-order valence-corrected chi connectivity index (χ2v) is 5.37. The molecule has 2 aromatic rings. The van der Waals surface area contributed by atoms with Crippen molar-refractivity contribution in [1.82, 2.24) is 0 Å². The molecule has 20 heavy (non-hydrogen) atoms. The Morgan fingerprint density at radius 1 is 1.05 bits per heavy atom. The zero-order chi connectivity index (χ0) is 14.1. The molecular weight excluding hydrogens is 320 g/mol. The number of para-hydroxylation sites is 1. The average Bonchev–Trinajstić information content (AvgIpc) is 2.54. The van der Waals surface area contributed by atoms with E-state index in [0.29, 0.717) is 11.4 Å². The summed E-state index contributed by atoms with van der Waals surface area (Å²) < 4.78 is 0.848. The summed E-state index contributed by atoms with van der Waals surface area (Å²) in [5.74, 6) is -0.539. The van der Waals surface area contributed by atoms with Gasteiger partial charge in [0.05, 0.1) is 11.4 Å². The van der Waals surface area contributed by atoms with Crippen molar-refractivity contribution in [2.24, 2.45) is 0 Å². The van der Waals surface area contributed by atoms with Crippen molar-refractivity contribution in [2.75, 3.05) is 10.2 Å². The zero-order valence-electron chi connectivity index (χ0n) is 10.5. The molecule has 100 valence electrons. The molecule has 0 saturated heterocycles. The largest absolute Gasteiger partial charge is 0.324 e. The van der Waals surface area contributed by atoms with Gasteiger partial charge in [-0.25, -0.2) is 0 Å². The van der Waals surface area contributed by atoms with Crippen molar-refractivity contribution >= 4 is 44.8 Å². The third-order valence-electron chi connectivity index (χ3n) is 3.05. The minimum Gasteiger partial charge on any atom is -0.324 e. The quantitative estimate of drug-likeness (QED) is 0.814. The number of nitrogens with zero attached hydrogens (tertiary/aromatic N) is 1. The number of fused-ring (bicyclic) bond motifs is 1. The van der Waals surface area contributed by atoms with Gasteiger partial charge in [-0.3, -0.25) is 14.5 Å². The first kappa shape index (κ1) is 12.9. The molecule has 1 heterocycles. The van der Waals surface area contributed by atoms with Crippen molar-refractivity contribution in [3.8, 4) is 0 Å². The van der Waals surface area contributed by atoms with E-state index < -0.39 is 0 Å². The van der Waals surface area contributed by atoms with E-state index in [-0.39, 0.29) is 18.2 Å². The molecule has 2 aromatic carbocycles. The normalized spacial score (nSPS) is 14.6. The monoisotopic (exact) mass is 330 g/mol. The fourth-order valence-electron chi connectivity index (χ4n) is 2.20. The van der Waals surface area contributed by atoms with Gasteiger partial charge < -0.3 is 5.32 Å². The van der Waals surface area contributed by atoms with E-state index >= 15 is 0 Å². The molecule has 1 aliphatic rings. The molecule has 1 N–H and O–H groups in total. The van der Waals surface area contributed by atoms with Crippen LogP contribution in [0.1, 0.15) is 6.42 Å². The maximum atomic E-state index is 12.3. The first-order valence-electron chi connectivity index (χ1n) is 6.12. The van der Waals surface area contributed by atoms with Gasteiger partial charge in [-0.1, -0.05) is 34.1 Å².